The number of hydrogen-bond donors (Lipinski definition) is 0. The minimum absolute atomic E-state index is 0.0481. The lowest BCUT2D eigenvalue weighted by molar-refractivity contribution is 0.346. The van der Waals surface area contributed by atoms with Gasteiger partial charge in [-0.1, -0.05) is 6.07 Å². The van der Waals surface area contributed by atoms with Crippen molar-refractivity contribution < 1.29 is 4.39 Å². The van der Waals surface area contributed by atoms with E-state index in [1.807, 2.05) is 47.7 Å². The van der Waals surface area contributed by atoms with Crippen LogP contribution in [0.3, 0.4) is 0 Å². The highest BCUT2D eigenvalue weighted by molar-refractivity contribution is 14.1. The summed E-state index contributed by atoms with van der Waals surface area (Å²) in [6.07, 6.45) is 1.80. The predicted molar refractivity (Wildman–Crippen MR) is 99.2 cm³/mol. The van der Waals surface area contributed by atoms with Crippen LogP contribution in [0, 0.1) is 13.0 Å². The highest BCUT2D eigenvalue weighted by Crippen LogP contribution is 2.22. The van der Waals surface area contributed by atoms with E-state index in [1.165, 1.54) is 6.07 Å². The second-order valence-corrected chi connectivity index (χ2v) is 7.45. The Kier molecular flexibility index (Phi) is 5.78. The molecule has 112 valence electrons. The quantitative estimate of drug-likeness (QED) is 0.588. The van der Waals surface area contributed by atoms with Gasteiger partial charge in [0.25, 0.3) is 5.56 Å². The first-order valence-electron chi connectivity index (χ1n) is 6.36. The van der Waals surface area contributed by atoms with Crippen LogP contribution in [0.5, 0.6) is 0 Å². The number of benzene rings is 1. The molecular formula is C15H15FI2N2O. The fourth-order valence-electron chi connectivity index (χ4n) is 2.14. The van der Waals surface area contributed by atoms with Gasteiger partial charge in [0.05, 0.1) is 6.04 Å². The number of rotatable bonds is 4. The van der Waals surface area contributed by atoms with Gasteiger partial charge in [0.15, 0.2) is 0 Å². The van der Waals surface area contributed by atoms with Crippen LogP contribution in [0.2, 0.25) is 0 Å². The molecule has 2 rings (SSSR count). The van der Waals surface area contributed by atoms with E-state index in [1.54, 1.807) is 29.0 Å². The lowest BCUT2D eigenvalue weighted by atomic mass is 10.1. The fourth-order valence-corrected chi connectivity index (χ4v) is 3.11. The molecule has 21 heavy (non-hydrogen) atoms. The lowest BCUT2D eigenvalue weighted by Gasteiger charge is -2.24. The largest absolute Gasteiger partial charge is 0.307 e. The highest BCUT2D eigenvalue weighted by Gasteiger charge is 2.17. The molecule has 1 atom stereocenters. The average molecular weight is 512 g/mol. The molecule has 2 aromatic rings. The summed E-state index contributed by atoms with van der Waals surface area (Å²) in [5, 5.41) is 0. The Morgan fingerprint density at radius 1 is 1.24 bits per heavy atom. The third-order valence-corrected chi connectivity index (χ3v) is 4.61. The van der Waals surface area contributed by atoms with Crippen LogP contribution in [-0.4, -0.2) is 30.1 Å². The van der Waals surface area contributed by atoms with Crippen LogP contribution in [0.4, 0.5) is 4.39 Å². The Morgan fingerprint density at radius 2 is 1.95 bits per heavy atom. The maximum Gasteiger partial charge on any atom is 0.252 e. The first-order valence-corrected chi connectivity index (χ1v) is 8.51. The second-order valence-electron chi connectivity index (χ2n) is 5.04. The fraction of sp³-hybridized carbons (Fsp3) is 0.267. The molecule has 1 heterocycles. The summed E-state index contributed by atoms with van der Waals surface area (Å²) in [4.78, 5) is 14.3. The van der Waals surface area contributed by atoms with Gasteiger partial charge in [-0.15, -0.1) is 0 Å². The molecule has 0 aliphatic carbocycles. The number of halogens is 3. The number of nitrogens with zero attached hydrogens (tertiary/aromatic N) is 2. The van der Waals surface area contributed by atoms with Gasteiger partial charge < -0.3 is 9.47 Å². The molecule has 6 heteroatoms. The zero-order chi connectivity index (χ0) is 15.6. The number of aromatic nitrogens is 1. The summed E-state index contributed by atoms with van der Waals surface area (Å²) < 4.78 is 16.6. The van der Waals surface area contributed by atoms with E-state index in [0.29, 0.717) is 10.1 Å². The SMILES string of the molecule is CN(C)CC(c1ccc(F)c(I)c1)n1ccc(I)cc1=O. The van der Waals surface area contributed by atoms with E-state index < -0.39 is 0 Å². The molecular weight excluding hydrogens is 497 g/mol. The summed E-state index contributed by atoms with van der Waals surface area (Å²) in [7, 11) is 3.92. The van der Waals surface area contributed by atoms with Crippen LogP contribution in [0.25, 0.3) is 0 Å². The predicted octanol–water partition coefficient (Wildman–Crippen LogP) is 3.35. The molecule has 1 aromatic carbocycles. The monoisotopic (exact) mass is 512 g/mol. The molecule has 0 radical (unpaired) electrons. The molecule has 3 nitrogen and oxygen atoms in total. The first kappa shape index (κ1) is 16.9. The van der Waals surface area contributed by atoms with E-state index in [0.717, 1.165) is 9.13 Å². The number of likely N-dealkylation sites (N-methyl/N-ethyl adjacent to an activating group) is 1. The molecule has 0 saturated heterocycles. The molecule has 0 spiro atoms. The highest BCUT2D eigenvalue weighted by atomic mass is 127. The van der Waals surface area contributed by atoms with Crippen molar-refractivity contribution in [3.8, 4) is 0 Å². The normalized spacial score (nSPS) is 12.7. The van der Waals surface area contributed by atoms with Gasteiger partial charge in [0.1, 0.15) is 5.82 Å². The van der Waals surface area contributed by atoms with Gasteiger partial charge in [-0.3, -0.25) is 4.79 Å². The van der Waals surface area contributed by atoms with Crippen LogP contribution >= 0.6 is 45.2 Å². The summed E-state index contributed by atoms with van der Waals surface area (Å²) in [5.41, 5.74) is 0.880. The molecule has 0 fully saturated rings. The maximum atomic E-state index is 13.5. The molecule has 0 amide bonds. The van der Waals surface area contributed by atoms with Crippen LogP contribution in [0.1, 0.15) is 11.6 Å². The van der Waals surface area contributed by atoms with Gasteiger partial charge in [-0.25, -0.2) is 4.39 Å². The van der Waals surface area contributed by atoms with Gasteiger partial charge in [-0.05, 0) is 83.0 Å². The van der Waals surface area contributed by atoms with Crippen molar-refractivity contribution in [2.24, 2.45) is 0 Å². The minimum atomic E-state index is -0.238. The standard InChI is InChI=1S/C15H15FI2N2O/c1-19(2)9-14(10-3-4-12(16)13(18)7-10)20-6-5-11(17)8-15(20)21/h3-8,14H,9H2,1-2H3. The van der Waals surface area contributed by atoms with Gasteiger partial charge >= 0.3 is 0 Å². The van der Waals surface area contributed by atoms with E-state index in [2.05, 4.69) is 22.6 Å². The Hall–Kier alpha value is -0.480. The molecule has 1 unspecified atom stereocenters. The van der Waals surface area contributed by atoms with Crippen molar-refractivity contribution in [2.75, 3.05) is 20.6 Å². The van der Waals surface area contributed by atoms with E-state index in [4.69, 9.17) is 0 Å². The second kappa shape index (κ2) is 7.19. The van der Waals surface area contributed by atoms with Gasteiger partial charge in [-0.2, -0.15) is 0 Å². The van der Waals surface area contributed by atoms with Crippen LogP contribution in [-0.2, 0) is 0 Å². The third kappa shape index (κ3) is 4.26. The zero-order valence-corrected chi connectivity index (χ0v) is 16.0. The molecule has 0 aliphatic rings. The van der Waals surface area contributed by atoms with Crippen LogP contribution < -0.4 is 5.56 Å². The molecule has 0 saturated carbocycles. The summed E-state index contributed by atoms with van der Waals surface area (Å²) >= 11 is 4.09. The van der Waals surface area contributed by atoms with Crippen molar-refractivity contribution >= 4 is 45.2 Å². The average Bonchev–Trinajstić information content (AvgIpc) is 2.40. The molecule has 0 bridgehead atoms. The summed E-state index contributed by atoms with van der Waals surface area (Å²) in [6.45, 7) is 0.669. The Labute approximate surface area is 150 Å². The number of pyridine rings is 1. The Balaban J connectivity index is 2.52. The topological polar surface area (TPSA) is 25.2 Å². The van der Waals surface area contributed by atoms with E-state index >= 15 is 0 Å². The van der Waals surface area contributed by atoms with Crippen LogP contribution in [0.15, 0.2) is 41.3 Å². The smallest absolute Gasteiger partial charge is 0.252 e. The van der Waals surface area contributed by atoms with E-state index in [-0.39, 0.29) is 17.4 Å². The summed E-state index contributed by atoms with van der Waals surface area (Å²) in [6, 6.07) is 8.37. The minimum Gasteiger partial charge on any atom is -0.307 e. The van der Waals surface area contributed by atoms with Crippen molar-refractivity contribution in [2.45, 2.75) is 6.04 Å². The number of hydrogen-bond acceptors (Lipinski definition) is 2. The van der Waals surface area contributed by atoms with Gasteiger partial charge in [0.2, 0.25) is 0 Å². The van der Waals surface area contributed by atoms with Crippen molar-refractivity contribution in [1.82, 2.24) is 9.47 Å². The maximum absolute atomic E-state index is 13.5. The Bertz CT molecular complexity index is 700. The lowest BCUT2D eigenvalue weighted by Crippen LogP contribution is -2.32. The van der Waals surface area contributed by atoms with Gasteiger partial charge in [0, 0.05) is 25.9 Å². The third-order valence-electron chi connectivity index (χ3n) is 3.11. The molecule has 0 aliphatic heterocycles. The van der Waals surface area contributed by atoms with E-state index in [9.17, 15) is 9.18 Å². The van der Waals surface area contributed by atoms with Crippen molar-refractivity contribution in [3.63, 3.8) is 0 Å². The molecule has 0 N–H and O–H groups in total. The molecule has 1 aromatic heterocycles. The van der Waals surface area contributed by atoms with Crippen molar-refractivity contribution in [3.05, 3.63) is 65.4 Å². The van der Waals surface area contributed by atoms with Crippen molar-refractivity contribution in [1.29, 1.82) is 0 Å². The summed E-state index contributed by atoms with van der Waals surface area (Å²) in [5.74, 6) is -0.238. The first-order chi connectivity index (χ1) is 9.88. The Morgan fingerprint density at radius 3 is 2.52 bits per heavy atom. The zero-order valence-electron chi connectivity index (χ0n) is 11.7.